The van der Waals surface area contributed by atoms with Gasteiger partial charge in [0.05, 0.1) is 17.7 Å². The number of hydrogen-bond donors (Lipinski definition) is 4. The molecule has 0 radical (unpaired) electrons. The molecule has 1 aliphatic rings. The molecule has 0 fully saturated rings. The Hall–Kier alpha value is -2.54. The summed E-state index contributed by atoms with van der Waals surface area (Å²) in [6.07, 6.45) is 0.368. The second-order valence-electron chi connectivity index (χ2n) is 5.01. The number of nitrogens with zero attached hydrogens (tertiary/aromatic N) is 1. The van der Waals surface area contributed by atoms with Crippen molar-refractivity contribution in [2.45, 2.75) is 27.2 Å². The first-order chi connectivity index (χ1) is 12.0. The van der Waals surface area contributed by atoms with E-state index in [9.17, 15) is 14.7 Å². The fraction of sp³-hybridized carbons (Fsp3) is 0.444. The fourth-order valence-electron chi connectivity index (χ4n) is 2.10. The van der Waals surface area contributed by atoms with Crippen molar-refractivity contribution in [1.29, 1.82) is 0 Å². The van der Waals surface area contributed by atoms with E-state index < -0.39 is 0 Å². The highest BCUT2D eigenvalue weighted by molar-refractivity contribution is 6.07. The van der Waals surface area contributed by atoms with E-state index in [1.807, 2.05) is 20.8 Å². The minimum Gasteiger partial charge on any atom is -0.505 e. The van der Waals surface area contributed by atoms with Crippen LogP contribution in [0.2, 0.25) is 0 Å². The summed E-state index contributed by atoms with van der Waals surface area (Å²) in [6.45, 7) is 6.67. The summed E-state index contributed by atoms with van der Waals surface area (Å²) in [7, 11) is 4.23. The number of phenolic OH excluding ortho intramolecular Hbond substituents is 1. The number of benzene rings is 1. The fourth-order valence-corrected chi connectivity index (χ4v) is 2.10. The van der Waals surface area contributed by atoms with Gasteiger partial charge in [0, 0.05) is 33.4 Å². The number of ketones is 1. The van der Waals surface area contributed by atoms with Crippen molar-refractivity contribution in [3.05, 3.63) is 35.2 Å². The van der Waals surface area contributed by atoms with Crippen LogP contribution in [-0.4, -0.2) is 54.6 Å². The number of hydrogen-bond acceptors (Lipinski definition) is 6. The number of nitrogens with one attached hydrogen (secondary N) is 2. The Morgan fingerprint density at radius 2 is 1.84 bits per heavy atom. The van der Waals surface area contributed by atoms with Gasteiger partial charge in [-0.15, -0.1) is 0 Å². The van der Waals surface area contributed by atoms with Gasteiger partial charge in [0.15, 0.2) is 11.5 Å². The smallest absolute Gasteiger partial charge is 0.257 e. The van der Waals surface area contributed by atoms with Gasteiger partial charge in [-0.25, -0.2) is 0 Å². The highest BCUT2D eigenvalue weighted by Gasteiger charge is 2.28. The van der Waals surface area contributed by atoms with Crippen LogP contribution in [0.1, 0.15) is 37.6 Å². The molecule has 0 aliphatic heterocycles. The van der Waals surface area contributed by atoms with Crippen LogP contribution in [0.4, 0.5) is 5.69 Å². The van der Waals surface area contributed by atoms with Gasteiger partial charge in [-0.3, -0.25) is 9.59 Å². The van der Waals surface area contributed by atoms with Crippen molar-refractivity contribution in [3.8, 4) is 5.75 Å². The molecule has 1 aromatic rings. The van der Waals surface area contributed by atoms with Crippen LogP contribution in [0.3, 0.4) is 0 Å². The summed E-state index contributed by atoms with van der Waals surface area (Å²) in [5.74, 6) is -0.467. The van der Waals surface area contributed by atoms with Gasteiger partial charge in [-0.05, 0) is 19.1 Å². The number of phenols is 1. The first kappa shape index (κ1) is 22.5. The van der Waals surface area contributed by atoms with E-state index in [4.69, 9.17) is 5.11 Å². The molecule has 0 saturated carbocycles. The van der Waals surface area contributed by atoms with Gasteiger partial charge in [0.2, 0.25) is 0 Å². The van der Waals surface area contributed by atoms with E-state index in [1.165, 1.54) is 4.90 Å². The van der Waals surface area contributed by atoms with E-state index in [-0.39, 0.29) is 23.0 Å². The van der Waals surface area contributed by atoms with Crippen molar-refractivity contribution >= 4 is 17.4 Å². The Bertz CT molecular complexity index is 625. The van der Waals surface area contributed by atoms with Gasteiger partial charge in [0.1, 0.15) is 5.70 Å². The van der Waals surface area contributed by atoms with E-state index in [2.05, 4.69) is 10.6 Å². The molecule has 0 saturated heterocycles. The molecule has 0 unspecified atom stereocenters. The quantitative estimate of drug-likeness (QED) is 0.605. The van der Waals surface area contributed by atoms with Crippen molar-refractivity contribution < 1.29 is 19.8 Å². The van der Waals surface area contributed by atoms with Crippen LogP contribution in [0.15, 0.2) is 29.6 Å². The number of aliphatic hydroxyl groups excluding tert-OH is 1. The van der Waals surface area contributed by atoms with Gasteiger partial charge in [-0.1, -0.05) is 19.9 Å². The first-order valence-corrected chi connectivity index (χ1v) is 8.21. The third-order valence-corrected chi connectivity index (χ3v) is 3.24. The van der Waals surface area contributed by atoms with Crippen LogP contribution >= 0.6 is 0 Å². The average Bonchev–Trinajstić information content (AvgIpc) is 2.63. The van der Waals surface area contributed by atoms with E-state index >= 15 is 0 Å². The monoisotopic (exact) mass is 351 g/mol. The summed E-state index contributed by atoms with van der Waals surface area (Å²) < 4.78 is 0. The number of para-hydroxylation sites is 1. The molecule has 140 valence electrons. The summed E-state index contributed by atoms with van der Waals surface area (Å²) in [5.41, 5.74) is 1.82. The molecule has 0 atom stereocenters. The molecule has 4 N–H and O–H groups in total. The standard InChI is InChI=1S/C15H19N3O3.C2H6.CH4O/c1-4-16-11-8-12(19)13(11)17-10-7-5-6-9(14(10)20)15(21)18(2)3;2*1-2/h5-7,16-17,20H,4,8H2,1-3H3;1-2H3;2H,1H3. The van der Waals surface area contributed by atoms with E-state index in [0.29, 0.717) is 17.8 Å². The second-order valence-corrected chi connectivity index (χ2v) is 5.01. The summed E-state index contributed by atoms with van der Waals surface area (Å²) in [4.78, 5) is 25.0. The number of Topliss-reactive ketones (excluding diaryl/α,β-unsaturated/α-hetero) is 1. The van der Waals surface area contributed by atoms with Crippen LogP contribution < -0.4 is 10.6 Å². The lowest BCUT2D eigenvalue weighted by Crippen LogP contribution is -2.32. The molecule has 25 heavy (non-hydrogen) atoms. The number of allylic oxidation sites excluding steroid dienone is 2. The van der Waals surface area contributed by atoms with Crippen molar-refractivity contribution in [3.63, 3.8) is 0 Å². The number of aliphatic hydroxyl groups is 1. The van der Waals surface area contributed by atoms with Crippen LogP contribution in [0.5, 0.6) is 5.75 Å². The lowest BCUT2D eigenvalue weighted by atomic mass is 9.98. The molecule has 1 amide bonds. The summed E-state index contributed by atoms with van der Waals surface area (Å²) >= 11 is 0. The maximum absolute atomic E-state index is 12.0. The molecule has 2 rings (SSSR count). The molecule has 1 aliphatic carbocycles. The SMILES string of the molecule is CC.CCNC1=C(Nc2cccc(C(=O)N(C)C)c2O)C(=O)C1.CO. The van der Waals surface area contributed by atoms with Gasteiger partial charge in [-0.2, -0.15) is 0 Å². The van der Waals surface area contributed by atoms with E-state index in [1.54, 1.807) is 32.3 Å². The minimum atomic E-state index is -0.294. The Balaban J connectivity index is 0.00000134. The lowest BCUT2D eigenvalue weighted by molar-refractivity contribution is -0.116. The van der Waals surface area contributed by atoms with Gasteiger partial charge in [0.25, 0.3) is 5.91 Å². The number of carbonyl (C=O) groups excluding carboxylic acids is 2. The maximum Gasteiger partial charge on any atom is 0.257 e. The normalized spacial score (nSPS) is 12.0. The van der Waals surface area contributed by atoms with E-state index in [0.717, 1.165) is 19.4 Å². The second kappa shape index (κ2) is 11.1. The van der Waals surface area contributed by atoms with Crippen molar-refractivity contribution in [2.24, 2.45) is 0 Å². The number of aromatic hydroxyl groups is 1. The highest BCUT2D eigenvalue weighted by atomic mass is 16.3. The highest BCUT2D eigenvalue weighted by Crippen LogP contribution is 2.32. The van der Waals surface area contributed by atoms with Crippen LogP contribution in [0, 0.1) is 0 Å². The summed E-state index contributed by atoms with van der Waals surface area (Å²) in [6, 6.07) is 4.84. The number of anilines is 1. The van der Waals surface area contributed by atoms with Crippen LogP contribution in [-0.2, 0) is 4.79 Å². The maximum atomic E-state index is 12.0. The molecule has 1 aromatic carbocycles. The average molecular weight is 351 g/mol. The largest absolute Gasteiger partial charge is 0.505 e. The summed E-state index contributed by atoms with van der Waals surface area (Å²) in [5, 5.41) is 23.2. The molecular formula is C18H29N3O4. The van der Waals surface area contributed by atoms with Gasteiger partial charge < -0.3 is 25.7 Å². The number of carbonyl (C=O) groups is 2. The molecule has 0 heterocycles. The molecule has 0 aromatic heterocycles. The first-order valence-electron chi connectivity index (χ1n) is 8.21. The Kier molecular flexibility index (Phi) is 9.96. The van der Waals surface area contributed by atoms with Crippen molar-refractivity contribution in [1.82, 2.24) is 10.2 Å². The molecular weight excluding hydrogens is 322 g/mol. The number of amides is 1. The lowest BCUT2D eigenvalue weighted by Gasteiger charge is -2.25. The van der Waals surface area contributed by atoms with Crippen molar-refractivity contribution in [2.75, 3.05) is 33.1 Å². The topological polar surface area (TPSA) is 102 Å². The molecule has 0 spiro atoms. The van der Waals surface area contributed by atoms with Crippen LogP contribution in [0.25, 0.3) is 0 Å². The zero-order valence-electron chi connectivity index (χ0n) is 15.8. The van der Waals surface area contributed by atoms with Gasteiger partial charge >= 0.3 is 0 Å². The minimum absolute atomic E-state index is 0.0188. The zero-order valence-corrected chi connectivity index (χ0v) is 15.8. The third-order valence-electron chi connectivity index (χ3n) is 3.24. The molecule has 7 nitrogen and oxygen atoms in total. The predicted molar refractivity (Wildman–Crippen MR) is 99.6 cm³/mol. The molecule has 0 bridgehead atoms. The Labute approximate surface area is 149 Å². The Morgan fingerprint density at radius 1 is 1.24 bits per heavy atom. The third kappa shape index (κ3) is 5.49. The number of rotatable bonds is 5. The Morgan fingerprint density at radius 3 is 2.32 bits per heavy atom. The predicted octanol–water partition coefficient (Wildman–Crippen LogP) is 1.93. The zero-order chi connectivity index (χ0) is 19.6. The molecule has 7 heteroatoms.